The first-order valence-corrected chi connectivity index (χ1v) is 7.22. The molecule has 0 radical (unpaired) electrons. The third kappa shape index (κ3) is 4.17. The number of nitrogens with one attached hydrogen (secondary N) is 2. The number of rotatable bonds is 7. The van der Waals surface area contributed by atoms with Gasteiger partial charge in [-0.05, 0) is 25.3 Å². The highest BCUT2D eigenvalue weighted by Gasteiger charge is 2.14. The predicted octanol–water partition coefficient (Wildman–Crippen LogP) is 3.43. The molecule has 0 bridgehead atoms. The monoisotopic (exact) mass is 248 g/mol. The van der Waals surface area contributed by atoms with Crippen molar-refractivity contribution in [3.8, 4) is 0 Å². The van der Waals surface area contributed by atoms with Gasteiger partial charge in [0.25, 0.3) is 0 Å². The van der Waals surface area contributed by atoms with Crippen molar-refractivity contribution in [2.75, 3.05) is 17.2 Å². The molecule has 2 N–H and O–H groups in total. The Morgan fingerprint density at radius 3 is 2.89 bits per heavy atom. The van der Waals surface area contributed by atoms with Gasteiger partial charge in [0.15, 0.2) is 0 Å². The third-order valence-electron chi connectivity index (χ3n) is 3.43. The SMILES string of the molecule is CCCCCNc1nccc(NC2CCCC2)n1. The lowest BCUT2D eigenvalue weighted by molar-refractivity contribution is 0.738. The topological polar surface area (TPSA) is 49.8 Å². The summed E-state index contributed by atoms with van der Waals surface area (Å²) in [5.74, 6) is 1.70. The van der Waals surface area contributed by atoms with Crippen LogP contribution < -0.4 is 10.6 Å². The fourth-order valence-electron chi connectivity index (χ4n) is 2.38. The minimum absolute atomic E-state index is 0.604. The molecule has 4 nitrogen and oxygen atoms in total. The molecule has 0 aliphatic heterocycles. The van der Waals surface area contributed by atoms with Crippen molar-refractivity contribution in [3.05, 3.63) is 12.3 Å². The van der Waals surface area contributed by atoms with E-state index in [-0.39, 0.29) is 0 Å². The van der Waals surface area contributed by atoms with Crippen LogP contribution in [0.25, 0.3) is 0 Å². The van der Waals surface area contributed by atoms with Crippen LogP contribution in [0, 0.1) is 0 Å². The molecule has 18 heavy (non-hydrogen) atoms. The van der Waals surface area contributed by atoms with E-state index in [0.717, 1.165) is 18.3 Å². The minimum Gasteiger partial charge on any atom is -0.367 e. The summed E-state index contributed by atoms with van der Waals surface area (Å²) in [6.07, 6.45) is 10.7. The summed E-state index contributed by atoms with van der Waals surface area (Å²) in [4.78, 5) is 8.75. The summed E-state index contributed by atoms with van der Waals surface area (Å²) in [6.45, 7) is 3.17. The summed E-state index contributed by atoms with van der Waals surface area (Å²) in [5.41, 5.74) is 0. The van der Waals surface area contributed by atoms with Crippen molar-refractivity contribution in [3.63, 3.8) is 0 Å². The quantitative estimate of drug-likeness (QED) is 0.726. The van der Waals surface area contributed by atoms with Crippen molar-refractivity contribution in [2.24, 2.45) is 0 Å². The Labute approximate surface area is 110 Å². The van der Waals surface area contributed by atoms with Crippen molar-refractivity contribution in [1.82, 2.24) is 9.97 Å². The first-order chi connectivity index (χ1) is 8.88. The standard InChI is InChI=1S/C14H24N4/c1-2-3-6-10-15-14-16-11-9-13(18-14)17-12-7-4-5-8-12/h9,11-12H,2-8,10H2,1H3,(H2,15,16,17,18). The van der Waals surface area contributed by atoms with Crippen molar-refractivity contribution < 1.29 is 0 Å². The molecule has 0 spiro atoms. The highest BCUT2D eigenvalue weighted by atomic mass is 15.1. The Morgan fingerprint density at radius 1 is 1.28 bits per heavy atom. The van der Waals surface area contributed by atoms with Gasteiger partial charge >= 0.3 is 0 Å². The van der Waals surface area contributed by atoms with Crippen LogP contribution in [0.3, 0.4) is 0 Å². The molecule has 2 rings (SSSR count). The molecule has 1 saturated carbocycles. The van der Waals surface area contributed by atoms with Gasteiger partial charge in [0.05, 0.1) is 0 Å². The van der Waals surface area contributed by atoms with Crippen LogP contribution in [0.1, 0.15) is 51.9 Å². The van der Waals surface area contributed by atoms with Crippen LogP contribution in [0.2, 0.25) is 0 Å². The Bertz CT molecular complexity index is 347. The normalized spacial score (nSPS) is 15.8. The maximum Gasteiger partial charge on any atom is 0.224 e. The van der Waals surface area contributed by atoms with Gasteiger partial charge in [-0.25, -0.2) is 4.98 Å². The van der Waals surface area contributed by atoms with E-state index in [9.17, 15) is 0 Å². The number of hydrogen-bond donors (Lipinski definition) is 2. The molecule has 0 aromatic carbocycles. The van der Waals surface area contributed by atoms with E-state index in [4.69, 9.17) is 0 Å². The van der Waals surface area contributed by atoms with E-state index < -0.39 is 0 Å². The lowest BCUT2D eigenvalue weighted by atomic mass is 10.2. The Kier molecular flexibility index (Phi) is 5.24. The molecule has 1 aromatic rings. The van der Waals surface area contributed by atoms with Crippen molar-refractivity contribution in [2.45, 2.75) is 57.9 Å². The van der Waals surface area contributed by atoms with Gasteiger partial charge in [-0.2, -0.15) is 4.98 Å². The molecule has 100 valence electrons. The number of nitrogens with zero attached hydrogens (tertiary/aromatic N) is 2. The van der Waals surface area contributed by atoms with Gasteiger partial charge in [0, 0.05) is 18.8 Å². The van der Waals surface area contributed by atoms with Crippen molar-refractivity contribution >= 4 is 11.8 Å². The number of aromatic nitrogens is 2. The average molecular weight is 248 g/mol. The average Bonchev–Trinajstić information content (AvgIpc) is 2.88. The molecule has 0 atom stereocenters. The van der Waals surface area contributed by atoms with Crippen LogP contribution in [0.4, 0.5) is 11.8 Å². The molecule has 0 unspecified atom stereocenters. The highest BCUT2D eigenvalue weighted by molar-refractivity contribution is 5.40. The number of hydrogen-bond acceptors (Lipinski definition) is 4. The maximum atomic E-state index is 4.50. The van der Waals surface area contributed by atoms with Gasteiger partial charge in [-0.1, -0.05) is 32.6 Å². The van der Waals surface area contributed by atoms with E-state index in [2.05, 4.69) is 27.5 Å². The predicted molar refractivity (Wildman–Crippen MR) is 75.9 cm³/mol. The van der Waals surface area contributed by atoms with Gasteiger partial charge in [0.1, 0.15) is 5.82 Å². The van der Waals surface area contributed by atoms with Gasteiger partial charge in [0.2, 0.25) is 5.95 Å². The maximum absolute atomic E-state index is 4.50. The molecular formula is C14H24N4. The van der Waals surface area contributed by atoms with E-state index in [1.54, 1.807) is 0 Å². The Morgan fingerprint density at radius 2 is 2.11 bits per heavy atom. The van der Waals surface area contributed by atoms with E-state index >= 15 is 0 Å². The summed E-state index contributed by atoms with van der Waals surface area (Å²) in [7, 11) is 0. The summed E-state index contributed by atoms with van der Waals surface area (Å²) in [5, 5.41) is 6.77. The Hall–Kier alpha value is -1.32. The molecule has 1 aliphatic carbocycles. The van der Waals surface area contributed by atoms with Crippen LogP contribution in [0.15, 0.2) is 12.3 Å². The van der Waals surface area contributed by atoms with Crippen LogP contribution in [-0.4, -0.2) is 22.6 Å². The molecule has 1 fully saturated rings. The molecule has 1 aliphatic rings. The van der Waals surface area contributed by atoms with E-state index in [1.807, 2.05) is 12.3 Å². The van der Waals surface area contributed by atoms with Crippen LogP contribution in [-0.2, 0) is 0 Å². The fourth-order valence-corrected chi connectivity index (χ4v) is 2.38. The largest absolute Gasteiger partial charge is 0.367 e. The highest BCUT2D eigenvalue weighted by Crippen LogP contribution is 2.21. The lowest BCUT2D eigenvalue weighted by Gasteiger charge is -2.13. The zero-order chi connectivity index (χ0) is 12.6. The molecule has 1 heterocycles. The molecule has 4 heteroatoms. The van der Waals surface area contributed by atoms with Gasteiger partial charge in [-0.15, -0.1) is 0 Å². The van der Waals surface area contributed by atoms with Crippen molar-refractivity contribution in [1.29, 1.82) is 0 Å². The molecule has 0 amide bonds. The zero-order valence-corrected chi connectivity index (χ0v) is 11.3. The summed E-state index contributed by atoms with van der Waals surface area (Å²) in [6, 6.07) is 2.56. The van der Waals surface area contributed by atoms with Crippen LogP contribution >= 0.6 is 0 Å². The summed E-state index contributed by atoms with van der Waals surface area (Å²) >= 11 is 0. The second kappa shape index (κ2) is 7.19. The first kappa shape index (κ1) is 13.1. The smallest absolute Gasteiger partial charge is 0.224 e. The van der Waals surface area contributed by atoms with Gasteiger partial charge < -0.3 is 10.6 Å². The second-order valence-corrected chi connectivity index (χ2v) is 5.03. The molecule has 1 aromatic heterocycles. The van der Waals surface area contributed by atoms with E-state index in [1.165, 1.54) is 44.9 Å². The zero-order valence-electron chi connectivity index (χ0n) is 11.3. The lowest BCUT2D eigenvalue weighted by Crippen LogP contribution is -2.16. The molecule has 0 saturated heterocycles. The number of unbranched alkanes of at least 4 members (excludes halogenated alkanes) is 2. The summed E-state index contributed by atoms with van der Waals surface area (Å²) < 4.78 is 0. The minimum atomic E-state index is 0.604. The van der Waals surface area contributed by atoms with Gasteiger partial charge in [-0.3, -0.25) is 0 Å². The van der Waals surface area contributed by atoms with E-state index in [0.29, 0.717) is 6.04 Å². The fraction of sp³-hybridized carbons (Fsp3) is 0.714. The first-order valence-electron chi connectivity index (χ1n) is 7.22. The number of anilines is 2. The third-order valence-corrected chi connectivity index (χ3v) is 3.43. The second-order valence-electron chi connectivity index (χ2n) is 5.03. The Balaban J connectivity index is 1.80. The van der Waals surface area contributed by atoms with Crippen LogP contribution in [0.5, 0.6) is 0 Å². The molecular weight excluding hydrogens is 224 g/mol.